The Labute approximate surface area is 146 Å². The number of ether oxygens (including phenoxy) is 1. The number of hydrogen-bond acceptors (Lipinski definition) is 4. The molecule has 0 radical (unpaired) electrons. The first kappa shape index (κ1) is 18.2. The molecule has 2 aromatic carbocycles. The van der Waals surface area contributed by atoms with Crippen LogP contribution in [-0.4, -0.2) is 30.4 Å². The second kappa shape index (κ2) is 8.63. The monoisotopic (exact) mass is 340 g/mol. The van der Waals surface area contributed by atoms with Gasteiger partial charge in [-0.2, -0.15) is 0 Å². The summed E-state index contributed by atoms with van der Waals surface area (Å²) in [7, 11) is 0. The van der Waals surface area contributed by atoms with E-state index in [4.69, 9.17) is 4.74 Å². The summed E-state index contributed by atoms with van der Waals surface area (Å²) in [4.78, 5) is 36.0. The summed E-state index contributed by atoms with van der Waals surface area (Å²) in [6.45, 7) is 3.59. The van der Waals surface area contributed by atoms with Crippen molar-refractivity contribution >= 4 is 23.5 Å². The lowest BCUT2D eigenvalue weighted by Gasteiger charge is -2.14. The maximum atomic E-state index is 12.2. The van der Waals surface area contributed by atoms with Crippen molar-refractivity contribution in [1.82, 2.24) is 5.32 Å². The summed E-state index contributed by atoms with van der Waals surface area (Å²) >= 11 is 0. The van der Waals surface area contributed by atoms with E-state index < -0.39 is 12.0 Å². The van der Waals surface area contributed by atoms with Crippen molar-refractivity contribution in [3.63, 3.8) is 0 Å². The van der Waals surface area contributed by atoms with Crippen LogP contribution in [0.2, 0.25) is 0 Å². The number of carbonyl (C=O) groups is 3. The Morgan fingerprint density at radius 3 is 2.36 bits per heavy atom. The molecule has 0 spiro atoms. The predicted octanol–water partition coefficient (Wildman–Crippen LogP) is 2.62. The Hall–Kier alpha value is -3.15. The van der Waals surface area contributed by atoms with Crippen LogP contribution in [0.1, 0.15) is 34.6 Å². The van der Waals surface area contributed by atoms with Gasteiger partial charge in [-0.1, -0.05) is 24.3 Å². The van der Waals surface area contributed by atoms with Gasteiger partial charge in [0.2, 0.25) is 5.91 Å². The second-order valence-corrected chi connectivity index (χ2v) is 5.35. The Morgan fingerprint density at radius 2 is 1.68 bits per heavy atom. The Balaban J connectivity index is 1.98. The molecule has 0 saturated carbocycles. The molecule has 0 fully saturated rings. The van der Waals surface area contributed by atoms with Crippen molar-refractivity contribution in [3.8, 4) is 0 Å². The molecule has 2 amide bonds. The van der Waals surface area contributed by atoms with Gasteiger partial charge in [-0.05, 0) is 44.2 Å². The van der Waals surface area contributed by atoms with Gasteiger partial charge in [0, 0.05) is 11.3 Å². The largest absolute Gasteiger partial charge is 0.462 e. The highest BCUT2D eigenvalue weighted by Gasteiger charge is 2.17. The zero-order chi connectivity index (χ0) is 18.2. The van der Waals surface area contributed by atoms with E-state index in [0.29, 0.717) is 16.8 Å². The zero-order valence-corrected chi connectivity index (χ0v) is 14.1. The number of carbonyl (C=O) groups excluding carboxylic acids is 3. The third kappa shape index (κ3) is 5.17. The quantitative estimate of drug-likeness (QED) is 0.792. The van der Waals surface area contributed by atoms with Gasteiger partial charge in [0.25, 0.3) is 5.91 Å². The molecule has 0 aliphatic rings. The normalized spacial score (nSPS) is 11.3. The Bertz CT molecular complexity index is 759. The number of hydrogen-bond donors (Lipinski definition) is 2. The molecule has 6 heteroatoms. The van der Waals surface area contributed by atoms with Gasteiger partial charge < -0.3 is 15.4 Å². The van der Waals surface area contributed by atoms with E-state index in [1.807, 2.05) is 6.07 Å². The summed E-state index contributed by atoms with van der Waals surface area (Å²) in [5.41, 5.74) is 1.28. The van der Waals surface area contributed by atoms with E-state index in [-0.39, 0.29) is 18.4 Å². The molecule has 0 aliphatic carbocycles. The van der Waals surface area contributed by atoms with E-state index >= 15 is 0 Å². The number of benzene rings is 2. The van der Waals surface area contributed by atoms with Gasteiger partial charge in [-0.15, -0.1) is 0 Å². The Morgan fingerprint density at radius 1 is 1.00 bits per heavy atom. The van der Waals surface area contributed by atoms with E-state index in [2.05, 4.69) is 10.6 Å². The van der Waals surface area contributed by atoms with Crippen molar-refractivity contribution in [2.45, 2.75) is 19.9 Å². The first-order valence-corrected chi connectivity index (χ1v) is 7.95. The van der Waals surface area contributed by atoms with E-state index in [1.54, 1.807) is 56.3 Å². The summed E-state index contributed by atoms with van der Waals surface area (Å²) in [5.74, 6) is -1.17. The summed E-state index contributed by atoms with van der Waals surface area (Å²) in [5, 5.41) is 5.31. The average molecular weight is 340 g/mol. The molecule has 0 aliphatic heterocycles. The van der Waals surface area contributed by atoms with Crippen LogP contribution >= 0.6 is 0 Å². The molecule has 1 atom stereocenters. The van der Waals surface area contributed by atoms with Crippen LogP contribution in [0.4, 0.5) is 5.69 Å². The van der Waals surface area contributed by atoms with Crippen LogP contribution in [0, 0.1) is 0 Å². The van der Waals surface area contributed by atoms with Crippen LogP contribution in [0.5, 0.6) is 0 Å². The predicted molar refractivity (Wildman–Crippen MR) is 94.4 cm³/mol. The molecule has 2 rings (SSSR count). The van der Waals surface area contributed by atoms with E-state index in [9.17, 15) is 14.4 Å². The first-order chi connectivity index (χ1) is 12.0. The molecule has 130 valence electrons. The highest BCUT2D eigenvalue weighted by molar-refractivity contribution is 6.01. The average Bonchev–Trinajstić information content (AvgIpc) is 2.62. The topological polar surface area (TPSA) is 84.5 Å². The van der Waals surface area contributed by atoms with Crippen LogP contribution in [0.15, 0.2) is 54.6 Å². The van der Waals surface area contributed by atoms with Crippen LogP contribution in [-0.2, 0) is 9.53 Å². The molecular formula is C19H20N2O4. The van der Waals surface area contributed by atoms with Gasteiger partial charge in [-0.25, -0.2) is 4.79 Å². The third-order valence-corrected chi connectivity index (χ3v) is 3.42. The fraction of sp³-hybridized carbons (Fsp3) is 0.211. The molecule has 6 nitrogen and oxygen atoms in total. The molecular weight excluding hydrogens is 320 g/mol. The van der Waals surface area contributed by atoms with E-state index in [1.165, 1.54) is 6.07 Å². The minimum absolute atomic E-state index is 0.276. The molecule has 0 saturated heterocycles. The number of esters is 1. The SMILES string of the molecule is CCOC(=O)c1cccc(NC(=O)C(C)NC(=O)c2ccccc2)c1. The summed E-state index contributed by atoms with van der Waals surface area (Å²) in [6, 6.07) is 14.4. The number of nitrogens with one attached hydrogen (secondary N) is 2. The molecule has 25 heavy (non-hydrogen) atoms. The Kier molecular flexibility index (Phi) is 6.28. The molecule has 0 bridgehead atoms. The van der Waals surface area contributed by atoms with Crippen molar-refractivity contribution in [2.75, 3.05) is 11.9 Å². The molecule has 0 heterocycles. The highest BCUT2D eigenvalue weighted by atomic mass is 16.5. The zero-order valence-electron chi connectivity index (χ0n) is 14.1. The van der Waals surface area contributed by atoms with Crippen LogP contribution in [0.3, 0.4) is 0 Å². The number of amides is 2. The molecule has 1 unspecified atom stereocenters. The lowest BCUT2D eigenvalue weighted by atomic mass is 10.2. The van der Waals surface area contributed by atoms with Crippen LogP contribution in [0.25, 0.3) is 0 Å². The van der Waals surface area contributed by atoms with Gasteiger partial charge in [-0.3, -0.25) is 9.59 Å². The van der Waals surface area contributed by atoms with Crippen LogP contribution < -0.4 is 10.6 Å². The van der Waals surface area contributed by atoms with Gasteiger partial charge in [0.05, 0.1) is 12.2 Å². The summed E-state index contributed by atoms with van der Waals surface area (Å²) < 4.78 is 4.93. The number of rotatable bonds is 6. The smallest absolute Gasteiger partial charge is 0.338 e. The first-order valence-electron chi connectivity index (χ1n) is 7.95. The molecule has 2 N–H and O–H groups in total. The fourth-order valence-corrected chi connectivity index (χ4v) is 2.12. The molecule has 0 aromatic heterocycles. The second-order valence-electron chi connectivity index (χ2n) is 5.35. The van der Waals surface area contributed by atoms with Crippen molar-refractivity contribution in [3.05, 3.63) is 65.7 Å². The standard InChI is InChI=1S/C19H20N2O4/c1-3-25-19(24)15-10-7-11-16(12-15)21-17(22)13(2)20-18(23)14-8-5-4-6-9-14/h4-13H,3H2,1-2H3,(H,20,23)(H,21,22). The lowest BCUT2D eigenvalue weighted by Crippen LogP contribution is -2.41. The van der Waals surface area contributed by atoms with E-state index in [0.717, 1.165) is 0 Å². The van der Waals surface area contributed by atoms with Crippen molar-refractivity contribution in [1.29, 1.82) is 0 Å². The highest BCUT2D eigenvalue weighted by Crippen LogP contribution is 2.12. The third-order valence-electron chi connectivity index (χ3n) is 3.42. The fourth-order valence-electron chi connectivity index (χ4n) is 2.12. The van der Waals surface area contributed by atoms with Gasteiger partial charge >= 0.3 is 5.97 Å². The number of anilines is 1. The van der Waals surface area contributed by atoms with Gasteiger partial charge in [0.1, 0.15) is 6.04 Å². The lowest BCUT2D eigenvalue weighted by molar-refractivity contribution is -0.117. The maximum Gasteiger partial charge on any atom is 0.338 e. The van der Waals surface area contributed by atoms with Crippen molar-refractivity contribution in [2.24, 2.45) is 0 Å². The minimum Gasteiger partial charge on any atom is -0.462 e. The van der Waals surface area contributed by atoms with Gasteiger partial charge in [0.15, 0.2) is 0 Å². The molecule has 2 aromatic rings. The minimum atomic E-state index is -0.737. The maximum absolute atomic E-state index is 12.2. The van der Waals surface area contributed by atoms with Crippen molar-refractivity contribution < 1.29 is 19.1 Å². The summed E-state index contributed by atoms with van der Waals surface area (Å²) in [6.07, 6.45) is 0.